The van der Waals surface area contributed by atoms with Gasteiger partial charge in [-0.05, 0) is 40.5 Å². The summed E-state index contributed by atoms with van der Waals surface area (Å²) >= 11 is 0. The molecule has 0 bridgehead atoms. The van der Waals surface area contributed by atoms with Gasteiger partial charge in [0.15, 0.2) is 0 Å². The third-order valence-corrected chi connectivity index (χ3v) is 3.66. The number of benzene rings is 1. The molecule has 0 saturated carbocycles. The zero-order valence-corrected chi connectivity index (χ0v) is 13.5. The molecule has 0 amide bonds. The molecule has 0 N–H and O–H groups in total. The molecule has 2 aromatic rings. The molecule has 0 spiro atoms. The van der Waals surface area contributed by atoms with E-state index in [1.165, 1.54) is 22.0 Å². The Balaban J connectivity index is 2.59. The Hall–Kier alpha value is -1.24. The van der Waals surface area contributed by atoms with Gasteiger partial charge in [-0.25, -0.2) is 0 Å². The molecule has 1 heterocycles. The monoisotopic (exact) mass is 257 g/mol. The average molecular weight is 257 g/mol. The van der Waals surface area contributed by atoms with Gasteiger partial charge in [0, 0.05) is 24.1 Å². The first-order valence-electron chi connectivity index (χ1n) is 7.16. The summed E-state index contributed by atoms with van der Waals surface area (Å²) in [5.74, 6) is 0. The predicted molar refractivity (Wildman–Crippen MR) is 84.8 cm³/mol. The Bertz CT molecular complexity index is 588. The quantitative estimate of drug-likeness (QED) is 0.672. The molecule has 0 radical (unpaired) electrons. The Morgan fingerprint density at radius 3 is 2.16 bits per heavy atom. The van der Waals surface area contributed by atoms with Crippen LogP contribution < -0.4 is 0 Å². The first-order chi connectivity index (χ1) is 8.58. The Kier molecular flexibility index (Phi) is 3.28. The molecule has 19 heavy (non-hydrogen) atoms. The zero-order valence-electron chi connectivity index (χ0n) is 13.5. The Morgan fingerprint density at radius 1 is 1.00 bits per heavy atom. The van der Waals surface area contributed by atoms with Crippen molar-refractivity contribution in [2.75, 3.05) is 0 Å². The van der Waals surface area contributed by atoms with Crippen molar-refractivity contribution in [1.29, 1.82) is 0 Å². The van der Waals surface area contributed by atoms with E-state index < -0.39 is 0 Å². The molecule has 1 heteroatoms. The van der Waals surface area contributed by atoms with E-state index in [2.05, 4.69) is 77.6 Å². The minimum atomic E-state index is 0.211. The number of rotatable bonds is 1. The van der Waals surface area contributed by atoms with Crippen molar-refractivity contribution in [3.63, 3.8) is 0 Å². The number of aryl methyl sites for hydroxylation is 1. The number of hydrogen-bond acceptors (Lipinski definition) is 0. The van der Waals surface area contributed by atoms with Gasteiger partial charge < -0.3 is 4.57 Å². The number of nitrogens with zero attached hydrogens (tertiary/aromatic N) is 1. The normalized spacial score (nSPS) is 13.2. The van der Waals surface area contributed by atoms with Gasteiger partial charge in [-0.1, -0.05) is 47.6 Å². The maximum Gasteiger partial charge on any atom is 0.0480 e. The zero-order chi connectivity index (χ0) is 14.4. The summed E-state index contributed by atoms with van der Waals surface area (Å²) in [4.78, 5) is 0. The van der Waals surface area contributed by atoms with Crippen molar-refractivity contribution in [3.8, 4) is 0 Å². The molecule has 104 valence electrons. The van der Waals surface area contributed by atoms with Crippen LogP contribution in [0.1, 0.15) is 52.7 Å². The second kappa shape index (κ2) is 4.40. The summed E-state index contributed by atoms with van der Waals surface area (Å²) in [6.45, 7) is 13.7. The second-order valence-electron chi connectivity index (χ2n) is 7.98. The maximum atomic E-state index is 2.39. The van der Waals surface area contributed by atoms with Crippen LogP contribution >= 0.6 is 0 Å². The summed E-state index contributed by atoms with van der Waals surface area (Å²) in [5, 5.41) is 1.42. The van der Waals surface area contributed by atoms with E-state index >= 15 is 0 Å². The highest BCUT2D eigenvalue weighted by atomic mass is 14.9. The van der Waals surface area contributed by atoms with Crippen LogP contribution in [-0.2, 0) is 18.9 Å². The molecular weight excluding hydrogens is 230 g/mol. The van der Waals surface area contributed by atoms with Gasteiger partial charge in [0.05, 0.1) is 0 Å². The first-order valence-corrected chi connectivity index (χ1v) is 7.16. The van der Waals surface area contributed by atoms with Crippen LogP contribution in [0.5, 0.6) is 0 Å². The van der Waals surface area contributed by atoms with E-state index in [1.807, 2.05) is 0 Å². The lowest BCUT2D eigenvalue weighted by Gasteiger charge is -2.20. The highest BCUT2D eigenvalue weighted by molar-refractivity contribution is 5.85. The largest absolute Gasteiger partial charge is 0.350 e. The lowest BCUT2D eigenvalue weighted by molar-refractivity contribution is 0.412. The molecule has 1 aromatic heterocycles. The number of hydrogen-bond donors (Lipinski definition) is 0. The van der Waals surface area contributed by atoms with Crippen LogP contribution in [0.25, 0.3) is 10.9 Å². The smallest absolute Gasteiger partial charge is 0.0480 e. The summed E-state index contributed by atoms with van der Waals surface area (Å²) < 4.78 is 2.25. The number of fused-ring (bicyclic) bond motifs is 1. The molecule has 2 rings (SSSR count). The standard InChI is InChI=1S/C18H27N/c1-17(2,3)11-13-12-19(7)16-9-8-14(10-15(13)16)18(4,5)6/h8-10,12H,11H2,1-7H3. The van der Waals surface area contributed by atoms with Gasteiger partial charge in [0.25, 0.3) is 0 Å². The van der Waals surface area contributed by atoms with Crippen molar-refractivity contribution >= 4 is 10.9 Å². The van der Waals surface area contributed by atoms with Crippen LogP contribution in [0.2, 0.25) is 0 Å². The van der Waals surface area contributed by atoms with E-state index in [0.29, 0.717) is 5.41 Å². The van der Waals surface area contributed by atoms with Crippen molar-refractivity contribution in [3.05, 3.63) is 35.5 Å². The van der Waals surface area contributed by atoms with E-state index in [9.17, 15) is 0 Å². The fourth-order valence-electron chi connectivity index (χ4n) is 2.65. The highest BCUT2D eigenvalue weighted by Crippen LogP contribution is 2.31. The third kappa shape index (κ3) is 3.02. The third-order valence-electron chi connectivity index (χ3n) is 3.66. The Labute approximate surface area is 117 Å². The average Bonchev–Trinajstić information content (AvgIpc) is 2.52. The van der Waals surface area contributed by atoms with Crippen LogP contribution in [0.4, 0.5) is 0 Å². The van der Waals surface area contributed by atoms with Gasteiger partial charge in [0.2, 0.25) is 0 Å². The molecule has 1 nitrogen and oxygen atoms in total. The molecule has 0 aliphatic rings. The molecule has 0 atom stereocenters. The summed E-state index contributed by atoms with van der Waals surface area (Å²) in [6.07, 6.45) is 3.42. The SMILES string of the molecule is Cn1cc(CC(C)(C)C)c2cc(C(C)(C)C)ccc21. The summed E-state index contributed by atoms with van der Waals surface area (Å²) in [5.41, 5.74) is 4.76. The topological polar surface area (TPSA) is 4.93 Å². The number of aromatic nitrogens is 1. The molecule has 0 aliphatic heterocycles. The minimum absolute atomic E-state index is 0.211. The summed E-state index contributed by atoms with van der Waals surface area (Å²) in [7, 11) is 2.14. The van der Waals surface area contributed by atoms with Gasteiger partial charge >= 0.3 is 0 Å². The predicted octanol–water partition coefficient (Wildman–Crippen LogP) is 5.06. The van der Waals surface area contributed by atoms with Gasteiger partial charge in [-0.3, -0.25) is 0 Å². The molecule has 0 unspecified atom stereocenters. The highest BCUT2D eigenvalue weighted by Gasteiger charge is 2.18. The van der Waals surface area contributed by atoms with Crippen LogP contribution in [0.15, 0.2) is 24.4 Å². The van der Waals surface area contributed by atoms with Gasteiger partial charge in [0.1, 0.15) is 0 Å². The van der Waals surface area contributed by atoms with E-state index in [4.69, 9.17) is 0 Å². The fraction of sp³-hybridized carbons (Fsp3) is 0.556. The fourth-order valence-corrected chi connectivity index (χ4v) is 2.65. The molecule has 0 aliphatic carbocycles. The van der Waals surface area contributed by atoms with E-state index in [1.54, 1.807) is 0 Å². The second-order valence-corrected chi connectivity index (χ2v) is 7.98. The molecular formula is C18H27N. The minimum Gasteiger partial charge on any atom is -0.350 e. The van der Waals surface area contributed by atoms with Crippen molar-refractivity contribution in [1.82, 2.24) is 4.57 Å². The van der Waals surface area contributed by atoms with Crippen molar-refractivity contribution in [2.24, 2.45) is 12.5 Å². The van der Waals surface area contributed by atoms with Crippen LogP contribution in [0.3, 0.4) is 0 Å². The van der Waals surface area contributed by atoms with E-state index in [0.717, 1.165) is 6.42 Å². The first kappa shape index (κ1) is 14.2. The van der Waals surface area contributed by atoms with Gasteiger partial charge in [-0.15, -0.1) is 0 Å². The lowest BCUT2D eigenvalue weighted by Crippen LogP contribution is -2.11. The van der Waals surface area contributed by atoms with Crippen LogP contribution in [0, 0.1) is 5.41 Å². The maximum absolute atomic E-state index is 2.39. The van der Waals surface area contributed by atoms with Crippen molar-refractivity contribution in [2.45, 2.75) is 53.4 Å². The summed E-state index contributed by atoms with van der Waals surface area (Å²) in [6, 6.07) is 6.92. The molecule has 1 aromatic carbocycles. The van der Waals surface area contributed by atoms with Crippen molar-refractivity contribution < 1.29 is 0 Å². The lowest BCUT2D eigenvalue weighted by atomic mass is 9.84. The Morgan fingerprint density at radius 2 is 1.63 bits per heavy atom. The van der Waals surface area contributed by atoms with E-state index in [-0.39, 0.29) is 5.41 Å². The molecule has 0 saturated heterocycles. The van der Waals surface area contributed by atoms with Gasteiger partial charge in [-0.2, -0.15) is 0 Å². The van der Waals surface area contributed by atoms with Crippen LogP contribution in [-0.4, -0.2) is 4.57 Å². The molecule has 0 fully saturated rings.